The van der Waals surface area contributed by atoms with E-state index in [9.17, 15) is 28.2 Å². The minimum Gasteiger partial charge on any atom is -0.461 e. The fourth-order valence-electron chi connectivity index (χ4n) is 13.0. The van der Waals surface area contributed by atoms with E-state index in [0.717, 1.165) is 19.4 Å². The number of nitrogens with one attached hydrogen (secondary N) is 2. The zero-order chi connectivity index (χ0) is 66.0. The number of ether oxygens (including phenoxy) is 11. The summed E-state index contributed by atoms with van der Waals surface area (Å²) in [5.41, 5.74) is -3.18. The van der Waals surface area contributed by atoms with Crippen LogP contribution >= 0.6 is 0 Å². The van der Waals surface area contributed by atoms with Crippen molar-refractivity contribution in [1.29, 1.82) is 0 Å². The molecule has 0 bridgehead atoms. The molecule has 0 aromatic heterocycles. The molecule has 25 heteroatoms. The summed E-state index contributed by atoms with van der Waals surface area (Å²) >= 11 is 0. The zero-order valence-electron chi connectivity index (χ0n) is 55.8. The number of benzene rings is 1. The number of oxime groups is 1. The Labute approximate surface area is 528 Å². The Kier molecular flexibility index (Phi) is 26.8. The van der Waals surface area contributed by atoms with Crippen molar-refractivity contribution in [2.45, 2.75) is 250 Å². The molecule has 4 heterocycles. The predicted molar refractivity (Wildman–Crippen MR) is 327 cm³/mol. The minimum atomic E-state index is -4.03. The van der Waals surface area contributed by atoms with Gasteiger partial charge in [-0.1, -0.05) is 71.8 Å². The number of nitrogens with zero attached hydrogens (tertiary/aromatic N) is 2. The molecule has 1 unspecified atom stereocenters. The summed E-state index contributed by atoms with van der Waals surface area (Å²) < 4.78 is 100. The van der Waals surface area contributed by atoms with Crippen molar-refractivity contribution in [2.24, 2.45) is 52.5 Å². The topological polar surface area (TPSA) is 293 Å². The second-order valence-corrected chi connectivity index (χ2v) is 29.0. The Morgan fingerprint density at radius 3 is 2.11 bits per heavy atom. The summed E-state index contributed by atoms with van der Waals surface area (Å²) in [4.78, 5) is 68.2. The molecule has 1 aromatic rings. The average molecular weight is 1280 g/mol. The first-order valence-corrected chi connectivity index (χ1v) is 33.4. The molecule has 0 spiro atoms. The summed E-state index contributed by atoms with van der Waals surface area (Å²) in [5.74, 6) is -7.45. The Balaban J connectivity index is 1.50. The molecule has 1 aliphatic carbocycles. The molecule has 4 N–H and O–H groups in total. The van der Waals surface area contributed by atoms with Crippen LogP contribution in [0.5, 0.6) is 0 Å². The number of hydrogen-bond acceptors (Lipinski definition) is 22. The SMILES string of the molecule is CO/N=C1\C[C@@H](C)O[C@@H](O[C@@H]2[C@@H](C)[C@H](O[C@H]3C[C@@H](C)N(CC4CC4)C[C@H](C)O3)[C@@H](C)C(=O)O[C@H](C(C)CO[C@@H]3O[C@H](C)[C@@H](O)[C@@H](OC)[C@H]3OC)[C@H](C)[C@@H](OC(=O)CC(C)C)[C@@H](C)C(=O)[C@@](C)(OC(=O)NC(C)(C)CNS(=O)(=O)c3ccccc3)C[C@@H]2C)[C@@H]1O. The highest BCUT2D eigenvalue weighted by Gasteiger charge is 2.53. The van der Waals surface area contributed by atoms with E-state index in [1.165, 1.54) is 40.4 Å². The van der Waals surface area contributed by atoms with Gasteiger partial charge in [-0.25, -0.2) is 17.9 Å². The van der Waals surface area contributed by atoms with Crippen molar-refractivity contribution in [1.82, 2.24) is 14.9 Å². The Hall–Kier alpha value is -3.96. The molecule has 24 nitrogen and oxygen atoms in total. The Morgan fingerprint density at radius 1 is 0.831 bits per heavy atom. The van der Waals surface area contributed by atoms with Gasteiger partial charge in [-0.15, -0.1) is 0 Å². The first kappa shape index (κ1) is 74.1. The maximum Gasteiger partial charge on any atom is 0.408 e. The monoisotopic (exact) mass is 1280 g/mol. The van der Waals surface area contributed by atoms with Crippen molar-refractivity contribution in [2.75, 3.05) is 47.6 Å². The van der Waals surface area contributed by atoms with E-state index in [-0.39, 0.29) is 61.1 Å². The normalized spacial score (nSPS) is 37.6. The molecule has 5 fully saturated rings. The van der Waals surface area contributed by atoms with Gasteiger partial charge in [0.1, 0.15) is 43.7 Å². The van der Waals surface area contributed by atoms with Gasteiger partial charge < -0.3 is 72.5 Å². The van der Waals surface area contributed by atoms with Crippen LogP contribution in [0.25, 0.3) is 0 Å². The average Bonchev–Trinajstić information content (AvgIpc) is 2.67. The van der Waals surface area contributed by atoms with Gasteiger partial charge in [0.05, 0.1) is 65.1 Å². The number of aliphatic hydroxyl groups is 2. The van der Waals surface area contributed by atoms with Crippen LogP contribution in [-0.4, -0.2) is 204 Å². The maximum absolute atomic E-state index is 16.1. The number of ketones is 1. The van der Waals surface area contributed by atoms with E-state index >= 15 is 9.59 Å². The number of amides is 1. The molecule has 0 radical (unpaired) electrons. The quantitative estimate of drug-likeness (QED) is 0.0544. The molecular formula is C64H106N4O20S. The third-order valence-electron chi connectivity index (χ3n) is 18.1. The number of rotatable bonds is 22. The van der Waals surface area contributed by atoms with E-state index < -0.39 is 160 Å². The van der Waals surface area contributed by atoms with Crippen LogP contribution in [0.4, 0.5) is 4.79 Å². The number of cyclic esters (lactones) is 1. The molecular weight excluding hydrogens is 1180 g/mol. The molecule has 508 valence electrons. The highest BCUT2D eigenvalue weighted by atomic mass is 32.2. The van der Waals surface area contributed by atoms with Gasteiger partial charge >= 0.3 is 18.0 Å². The van der Waals surface area contributed by atoms with Crippen LogP contribution in [0.2, 0.25) is 0 Å². The second kappa shape index (κ2) is 32.3. The smallest absolute Gasteiger partial charge is 0.408 e. The molecule has 4 aliphatic heterocycles. The maximum atomic E-state index is 16.1. The first-order valence-electron chi connectivity index (χ1n) is 31.9. The van der Waals surface area contributed by atoms with Gasteiger partial charge in [0.25, 0.3) is 0 Å². The highest BCUT2D eigenvalue weighted by Crippen LogP contribution is 2.41. The number of aliphatic hydroxyl groups excluding tert-OH is 2. The van der Waals surface area contributed by atoms with E-state index in [1.807, 2.05) is 27.7 Å². The lowest BCUT2D eigenvalue weighted by molar-refractivity contribution is -0.305. The summed E-state index contributed by atoms with van der Waals surface area (Å²) in [5, 5.41) is 29.9. The second-order valence-electron chi connectivity index (χ2n) is 27.3. The molecule has 4 saturated heterocycles. The van der Waals surface area contributed by atoms with Gasteiger partial charge in [0, 0.05) is 76.9 Å². The fraction of sp³-hybridized carbons (Fsp3) is 0.828. The lowest BCUT2D eigenvalue weighted by atomic mass is 9.74. The fourth-order valence-corrected chi connectivity index (χ4v) is 14.3. The molecule has 22 atom stereocenters. The minimum absolute atomic E-state index is 0.0155. The summed E-state index contributed by atoms with van der Waals surface area (Å²) in [7, 11) is 0.220. The van der Waals surface area contributed by atoms with Crippen LogP contribution in [-0.2, 0) is 81.3 Å². The summed E-state index contributed by atoms with van der Waals surface area (Å²) in [6, 6.07) is 7.77. The van der Waals surface area contributed by atoms with Crippen LogP contribution in [0, 0.1) is 47.3 Å². The third kappa shape index (κ3) is 19.8. The van der Waals surface area contributed by atoms with Crippen molar-refractivity contribution in [3.63, 3.8) is 0 Å². The standard InChI is InChI=1S/C64H106N4O20S/c1-34(2)26-48(69)84-54-41(9)53(36(4)32-80-61-57(78-17)56(77-16)50(70)44(12)83-61)86-59(73)43(11)55(85-49-27-37(5)68(30-39(7)81-49)31-45-24-25-45)40(8)52(87-60-51(71)47(67-79-18)28-38(6)82-60)35(3)29-64(15,58(72)42(54)10)88-62(74)66-63(13,14)33-65-89(75,76)46-22-20-19-21-23-46/h19-23,34-45,49-57,60-61,65,70-71H,24-33H2,1-18H3,(H,66,74)/b67-47+/t35-,36?,37+,38+,39-,40+,41-,42+,43+,44+,49-,50+,51+,52-,53+,54+,55-,56+,57+,60-,61+,64-/m0/s1. The van der Waals surface area contributed by atoms with E-state index in [2.05, 4.69) is 27.0 Å². The number of esters is 2. The van der Waals surface area contributed by atoms with Gasteiger partial charge in [0.2, 0.25) is 10.0 Å². The van der Waals surface area contributed by atoms with Crippen molar-refractivity contribution in [3.05, 3.63) is 30.3 Å². The largest absolute Gasteiger partial charge is 0.461 e. The van der Waals surface area contributed by atoms with Crippen LogP contribution < -0.4 is 10.0 Å². The number of alkyl carbamates (subject to hydrolysis) is 1. The lowest BCUT2D eigenvalue weighted by Crippen LogP contribution is -2.59. The molecule has 89 heavy (non-hydrogen) atoms. The van der Waals surface area contributed by atoms with Gasteiger partial charge in [-0.05, 0) is 105 Å². The third-order valence-corrected chi connectivity index (χ3v) is 19.5. The van der Waals surface area contributed by atoms with Crippen LogP contribution in [0.1, 0.15) is 142 Å². The summed E-state index contributed by atoms with van der Waals surface area (Å²) in [6.45, 7) is 27.5. The molecule has 6 rings (SSSR count). The molecule has 5 aliphatic rings. The van der Waals surface area contributed by atoms with Crippen LogP contribution in [0.3, 0.4) is 0 Å². The Morgan fingerprint density at radius 2 is 1.49 bits per heavy atom. The van der Waals surface area contributed by atoms with E-state index in [4.69, 9.17) is 56.9 Å². The number of methoxy groups -OCH3 is 2. The van der Waals surface area contributed by atoms with E-state index in [1.54, 1.807) is 80.5 Å². The highest BCUT2D eigenvalue weighted by molar-refractivity contribution is 7.89. The number of carbonyl (C=O) groups is 4. The van der Waals surface area contributed by atoms with Crippen molar-refractivity contribution < 1.29 is 94.8 Å². The Bertz CT molecular complexity index is 2600. The number of Topliss-reactive ketones (excluding diaryl/α,β-unsaturated/α-hetero) is 1. The molecule has 1 aromatic carbocycles. The predicted octanol–water partition coefficient (Wildman–Crippen LogP) is 6.54. The van der Waals surface area contributed by atoms with Gasteiger partial charge in [-0.3, -0.25) is 19.3 Å². The zero-order valence-corrected chi connectivity index (χ0v) is 56.6. The number of sulfonamides is 1. The van der Waals surface area contributed by atoms with Crippen molar-refractivity contribution in [3.8, 4) is 0 Å². The first-order chi connectivity index (χ1) is 41.7. The van der Waals surface area contributed by atoms with Gasteiger partial charge in [0.15, 0.2) is 30.3 Å². The van der Waals surface area contributed by atoms with Crippen LogP contribution in [0.15, 0.2) is 40.4 Å². The molecule has 1 saturated carbocycles. The number of hydrogen-bond donors (Lipinski definition) is 4. The van der Waals surface area contributed by atoms with Gasteiger partial charge in [-0.2, -0.15) is 0 Å². The van der Waals surface area contributed by atoms with Crippen molar-refractivity contribution >= 4 is 39.6 Å². The molecule has 1 amide bonds. The lowest BCUT2D eigenvalue weighted by Gasteiger charge is -2.45. The number of carbonyl (C=O) groups excluding carboxylic acids is 4. The van der Waals surface area contributed by atoms with E-state index in [0.29, 0.717) is 18.9 Å². The summed E-state index contributed by atoms with van der Waals surface area (Å²) in [6.07, 6.45) is -12.2.